The molecular weight excluding hydrogens is 370 g/mol. The SMILES string of the molecule is O=C(Nc1ccc2nc[nH]c2c1)c1cc(C2CCCN(C(=O)C3CCC3)C2)no1. The maximum atomic E-state index is 12.6. The molecule has 2 fully saturated rings. The predicted molar refractivity (Wildman–Crippen MR) is 106 cm³/mol. The molecule has 2 amide bonds. The lowest BCUT2D eigenvalue weighted by molar-refractivity contribution is -0.139. The van der Waals surface area contributed by atoms with E-state index in [-0.39, 0.29) is 29.4 Å². The molecule has 8 heteroatoms. The maximum absolute atomic E-state index is 12.6. The van der Waals surface area contributed by atoms with Crippen LogP contribution in [0.1, 0.15) is 54.3 Å². The minimum absolute atomic E-state index is 0.111. The Bertz CT molecular complexity index is 1050. The number of aromatic amines is 1. The van der Waals surface area contributed by atoms with Crippen LogP contribution in [-0.4, -0.2) is 44.9 Å². The summed E-state index contributed by atoms with van der Waals surface area (Å²) in [6.07, 6.45) is 6.68. The van der Waals surface area contributed by atoms with Gasteiger partial charge in [0.25, 0.3) is 5.91 Å². The molecule has 0 bridgehead atoms. The lowest BCUT2D eigenvalue weighted by Crippen LogP contribution is -2.44. The van der Waals surface area contributed by atoms with Crippen LogP contribution in [0.15, 0.2) is 35.1 Å². The van der Waals surface area contributed by atoms with Gasteiger partial charge in [-0.25, -0.2) is 4.98 Å². The molecule has 1 aromatic carbocycles. The number of anilines is 1. The Labute approximate surface area is 167 Å². The number of nitrogens with one attached hydrogen (secondary N) is 2. The number of hydrogen-bond acceptors (Lipinski definition) is 5. The van der Waals surface area contributed by atoms with Gasteiger partial charge in [0.15, 0.2) is 0 Å². The van der Waals surface area contributed by atoms with Gasteiger partial charge >= 0.3 is 0 Å². The number of nitrogens with zero attached hydrogens (tertiary/aromatic N) is 3. The molecule has 1 atom stereocenters. The molecule has 2 N–H and O–H groups in total. The van der Waals surface area contributed by atoms with Crippen molar-refractivity contribution >= 4 is 28.5 Å². The number of imidazole rings is 1. The Kier molecular flexibility index (Phi) is 4.54. The van der Waals surface area contributed by atoms with E-state index < -0.39 is 0 Å². The third kappa shape index (κ3) is 3.50. The molecule has 1 unspecified atom stereocenters. The smallest absolute Gasteiger partial charge is 0.294 e. The monoisotopic (exact) mass is 393 g/mol. The number of H-pyrrole nitrogens is 1. The van der Waals surface area contributed by atoms with E-state index in [9.17, 15) is 9.59 Å². The molecule has 29 heavy (non-hydrogen) atoms. The number of piperidine rings is 1. The zero-order valence-electron chi connectivity index (χ0n) is 16.1. The number of amides is 2. The van der Waals surface area contributed by atoms with E-state index in [0.29, 0.717) is 12.2 Å². The van der Waals surface area contributed by atoms with E-state index in [4.69, 9.17) is 4.52 Å². The van der Waals surface area contributed by atoms with Crippen molar-refractivity contribution in [2.45, 2.75) is 38.0 Å². The summed E-state index contributed by atoms with van der Waals surface area (Å²) in [7, 11) is 0. The summed E-state index contributed by atoms with van der Waals surface area (Å²) in [4.78, 5) is 34.3. The van der Waals surface area contributed by atoms with Gasteiger partial charge in [0, 0.05) is 36.7 Å². The van der Waals surface area contributed by atoms with Crippen LogP contribution in [0.2, 0.25) is 0 Å². The van der Waals surface area contributed by atoms with Crippen molar-refractivity contribution in [3.63, 3.8) is 0 Å². The lowest BCUT2D eigenvalue weighted by Gasteiger charge is -2.36. The maximum Gasteiger partial charge on any atom is 0.294 e. The summed E-state index contributed by atoms with van der Waals surface area (Å²) in [5.41, 5.74) is 3.08. The van der Waals surface area contributed by atoms with Gasteiger partial charge < -0.3 is 19.7 Å². The van der Waals surface area contributed by atoms with Gasteiger partial charge in [0.05, 0.1) is 23.1 Å². The van der Waals surface area contributed by atoms with Crippen molar-refractivity contribution in [3.8, 4) is 0 Å². The fraction of sp³-hybridized carbons (Fsp3) is 0.429. The first kappa shape index (κ1) is 17.9. The van der Waals surface area contributed by atoms with E-state index in [1.807, 2.05) is 17.0 Å². The number of likely N-dealkylation sites (tertiary alicyclic amines) is 1. The van der Waals surface area contributed by atoms with Crippen molar-refractivity contribution in [3.05, 3.63) is 42.0 Å². The molecule has 150 valence electrons. The van der Waals surface area contributed by atoms with Crippen molar-refractivity contribution in [2.75, 3.05) is 18.4 Å². The first-order valence-electron chi connectivity index (χ1n) is 10.2. The second kappa shape index (κ2) is 7.35. The second-order valence-electron chi connectivity index (χ2n) is 7.96. The van der Waals surface area contributed by atoms with Gasteiger partial charge in [-0.3, -0.25) is 9.59 Å². The fourth-order valence-electron chi connectivity index (χ4n) is 4.13. The van der Waals surface area contributed by atoms with Gasteiger partial charge in [-0.1, -0.05) is 11.6 Å². The first-order chi connectivity index (χ1) is 14.2. The van der Waals surface area contributed by atoms with Gasteiger partial charge in [-0.2, -0.15) is 0 Å². The van der Waals surface area contributed by atoms with Crippen LogP contribution in [-0.2, 0) is 4.79 Å². The molecule has 2 aromatic heterocycles. The summed E-state index contributed by atoms with van der Waals surface area (Å²) >= 11 is 0. The molecule has 1 aliphatic carbocycles. The van der Waals surface area contributed by atoms with Crippen LogP contribution in [0.3, 0.4) is 0 Å². The number of hydrogen-bond donors (Lipinski definition) is 2. The highest BCUT2D eigenvalue weighted by molar-refractivity contribution is 6.03. The number of carbonyl (C=O) groups excluding carboxylic acids is 2. The normalized spacial score (nSPS) is 19.9. The Balaban J connectivity index is 1.25. The summed E-state index contributed by atoms with van der Waals surface area (Å²) < 4.78 is 5.31. The van der Waals surface area contributed by atoms with E-state index in [1.165, 1.54) is 0 Å². The minimum Gasteiger partial charge on any atom is -0.351 e. The number of carbonyl (C=O) groups is 2. The molecule has 0 radical (unpaired) electrons. The van der Waals surface area contributed by atoms with Gasteiger partial charge in [0.1, 0.15) is 0 Å². The third-order valence-electron chi connectivity index (χ3n) is 6.04. The molecule has 5 rings (SSSR count). The van der Waals surface area contributed by atoms with E-state index in [0.717, 1.165) is 55.4 Å². The Morgan fingerprint density at radius 3 is 2.90 bits per heavy atom. The number of aromatic nitrogens is 3. The van der Waals surface area contributed by atoms with Crippen molar-refractivity contribution in [1.82, 2.24) is 20.0 Å². The highest BCUT2D eigenvalue weighted by atomic mass is 16.5. The molecular formula is C21H23N5O3. The lowest BCUT2D eigenvalue weighted by atomic mass is 9.83. The Morgan fingerprint density at radius 1 is 1.17 bits per heavy atom. The molecule has 2 aliphatic rings. The summed E-state index contributed by atoms with van der Waals surface area (Å²) in [5.74, 6) is 0.420. The van der Waals surface area contributed by atoms with E-state index in [2.05, 4.69) is 20.4 Å². The number of rotatable bonds is 4. The Hall–Kier alpha value is -3.16. The van der Waals surface area contributed by atoms with Crippen molar-refractivity contribution < 1.29 is 14.1 Å². The standard InChI is InChI=1S/C21H23N5O3/c27-20(24-15-6-7-16-18(9-15)23-12-22-16)19-10-17(25-29-19)14-5-2-8-26(11-14)21(28)13-3-1-4-13/h6-7,9-10,12-14H,1-5,8,11H2,(H,22,23)(H,24,27). The van der Waals surface area contributed by atoms with Crippen molar-refractivity contribution in [2.24, 2.45) is 5.92 Å². The molecule has 0 spiro atoms. The van der Waals surface area contributed by atoms with E-state index in [1.54, 1.807) is 18.5 Å². The average Bonchev–Trinajstić information content (AvgIpc) is 3.36. The number of benzene rings is 1. The highest BCUT2D eigenvalue weighted by Crippen LogP contribution is 2.32. The Morgan fingerprint density at radius 2 is 2.07 bits per heavy atom. The van der Waals surface area contributed by atoms with Crippen molar-refractivity contribution in [1.29, 1.82) is 0 Å². The van der Waals surface area contributed by atoms with E-state index >= 15 is 0 Å². The summed E-state index contributed by atoms with van der Waals surface area (Å²) in [6.45, 7) is 1.46. The van der Waals surface area contributed by atoms with Crippen LogP contribution in [0.5, 0.6) is 0 Å². The van der Waals surface area contributed by atoms with Crippen LogP contribution in [0, 0.1) is 5.92 Å². The van der Waals surface area contributed by atoms with Gasteiger partial charge in [-0.15, -0.1) is 0 Å². The van der Waals surface area contributed by atoms with Crippen LogP contribution < -0.4 is 5.32 Å². The minimum atomic E-state index is -0.346. The van der Waals surface area contributed by atoms with Crippen LogP contribution >= 0.6 is 0 Å². The molecule has 1 saturated heterocycles. The largest absolute Gasteiger partial charge is 0.351 e. The predicted octanol–water partition coefficient (Wildman–Crippen LogP) is 3.31. The molecule has 3 heterocycles. The second-order valence-corrected chi connectivity index (χ2v) is 7.96. The quantitative estimate of drug-likeness (QED) is 0.708. The van der Waals surface area contributed by atoms with Gasteiger partial charge in [0.2, 0.25) is 11.7 Å². The average molecular weight is 393 g/mol. The third-order valence-corrected chi connectivity index (χ3v) is 6.04. The van der Waals surface area contributed by atoms with Gasteiger partial charge in [-0.05, 0) is 43.9 Å². The summed E-state index contributed by atoms with van der Waals surface area (Å²) in [5, 5.41) is 6.96. The highest BCUT2D eigenvalue weighted by Gasteiger charge is 2.33. The van der Waals surface area contributed by atoms with Crippen LogP contribution in [0.4, 0.5) is 5.69 Å². The first-order valence-corrected chi connectivity index (χ1v) is 10.2. The number of fused-ring (bicyclic) bond motifs is 1. The zero-order chi connectivity index (χ0) is 19.8. The topological polar surface area (TPSA) is 104 Å². The van der Waals surface area contributed by atoms with Crippen LogP contribution in [0.25, 0.3) is 11.0 Å². The fourth-order valence-corrected chi connectivity index (χ4v) is 4.13. The summed E-state index contributed by atoms with van der Waals surface area (Å²) in [6, 6.07) is 7.15. The molecule has 3 aromatic rings. The zero-order valence-corrected chi connectivity index (χ0v) is 16.1. The molecule has 1 saturated carbocycles. The molecule has 8 nitrogen and oxygen atoms in total. The molecule has 1 aliphatic heterocycles.